The maximum Gasteiger partial charge on any atom is 0.416 e. The average molecular weight is 295 g/mol. The predicted molar refractivity (Wildman–Crippen MR) is 60.4 cm³/mol. The Balaban J connectivity index is 2.45. The normalized spacial score (nSPS) is 13.6. The summed E-state index contributed by atoms with van der Waals surface area (Å²) in [7, 11) is 0. The lowest BCUT2D eigenvalue weighted by Gasteiger charge is -2.15. The molecule has 0 fully saturated rings. The summed E-state index contributed by atoms with van der Waals surface area (Å²) in [5.74, 6) is 0. The average Bonchev–Trinajstić information content (AvgIpc) is 2.74. The van der Waals surface area contributed by atoms with Gasteiger partial charge in [-0.1, -0.05) is 11.6 Å². The number of aliphatic hydroxyl groups excluding tert-OH is 1. The summed E-state index contributed by atoms with van der Waals surface area (Å²) in [5.41, 5.74) is -1.27. The van der Waals surface area contributed by atoms with Crippen LogP contribution in [0.1, 0.15) is 22.2 Å². The summed E-state index contributed by atoms with van der Waals surface area (Å²) in [6.07, 6.45) is -2.78. The highest BCUT2D eigenvalue weighted by Crippen LogP contribution is 2.37. The molecule has 8 heteroatoms. The molecule has 0 saturated heterocycles. The van der Waals surface area contributed by atoms with Crippen LogP contribution in [0.15, 0.2) is 24.7 Å². The van der Waals surface area contributed by atoms with E-state index in [0.717, 1.165) is 29.8 Å². The molecule has 1 atom stereocenters. The Morgan fingerprint density at radius 2 is 2.06 bits per heavy atom. The fourth-order valence-electron chi connectivity index (χ4n) is 1.41. The second-order valence-corrected chi connectivity index (χ2v) is 5.06. The number of pyridine rings is 1. The Morgan fingerprint density at radius 1 is 1.33 bits per heavy atom. The van der Waals surface area contributed by atoms with Crippen LogP contribution in [-0.4, -0.2) is 15.1 Å². The van der Waals surface area contributed by atoms with Gasteiger partial charge in [0.15, 0.2) is 0 Å². The van der Waals surface area contributed by atoms with E-state index in [-0.39, 0.29) is 10.6 Å². The molecule has 2 aromatic rings. The first kappa shape index (κ1) is 13.3. The highest BCUT2D eigenvalue weighted by Gasteiger charge is 2.35. The van der Waals surface area contributed by atoms with E-state index in [2.05, 4.69) is 9.97 Å². The summed E-state index contributed by atoms with van der Waals surface area (Å²) in [6.45, 7) is 0. The van der Waals surface area contributed by atoms with Gasteiger partial charge in [0.25, 0.3) is 0 Å². The molecule has 2 aromatic heterocycles. The van der Waals surface area contributed by atoms with Gasteiger partial charge in [0, 0.05) is 18.0 Å². The monoisotopic (exact) mass is 294 g/mol. The molecule has 0 aliphatic carbocycles. The largest absolute Gasteiger partial charge is 0.416 e. The van der Waals surface area contributed by atoms with Gasteiger partial charge in [0.2, 0.25) is 0 Å². The van der Waals surface area contributed by atoms with Gasteiger partial charge < -0.3 is 5.11 Å². The van der Waals surface area contributed by atoms with Crippen molar-refractivity contribution >= 4 is 22.9 Å². The molecule has 3 nitrogen and oxygen atoms in total. The molecule has 0 spiro atoms. The Bertz CT molecular complexity index is 558. The summed E-state index contributed by atoms with van der Waals surface area (Å²) in [4.78, 5) is 7.35. The SMILES string of the molecule is OC(c1ncc(Cl)s1)c1cnccc1C(F)(F)F. The van der Waals surface area contributed by atoms with Crippen molar-refractivity contribution in [2.45, 2.75) is 12.3 Å². The van der Waals surface area contributed by atoms with Crippen LogP contribution in [0.25, 0.3) is 0 Å². The number of alkyl halides is 3. The molecule has 0 amide bonds. The van der Waals surface area contributed by atoms with Crippen molar-refractivity contribution in [3.05, 3.63) is 45.1 Å². The Labute approximate surface area is 109 Å². The van der Waals surface area contributed by atoms with Crippen LogP contribution >= 0.6 is 22.9 Å². The van der Waals surface area contributed by atoms with E-state index in [9.17, 15) is 18.3 Å². The van der Waals surface area contributed by atoms with Crippen LogP contribution in [0.3, 0.4) is 0 Å². The van der Waals surface area contributed by atoms with Gasteiger partial charge in [-0.2, -0.15) is 13.2 Å². The summed E-state index contributed by atoms with van der Waals surface area (Å²) < 4.78 is 38.5. The maximum atomic E-state index is 12.7. The number of aliphatic hydroxyl groups is 1. The number of rotatable bonds is 2. The minimum absolute atomic E-state index is 0.0958. The molecule has 96 valence electrons. The quantitative estimate of drug-likeness (QED) is 0.924. The summed E-state index contributed by atoms with van der Waals surface area (Å²) in [5, 5.41) is 9.99. The predicted octanol–water partition coefficient (Wildman–Crippen LogP) is 3.29. The van der Waals surface area contributed by atoms with Crippen LogP contribution in [0.5, 0.6) is 0 Å². The third-order valence-corrected chi connectivity index (χ3v) is 3.35. The smallest absolute Gasteiger partial charge is 0.381 e. The Hall–Kier alpha value is -1.18. The Morgan fingerprint density at radius 3 is 2.61 bits per heavy atom. The number of thiazole rings is 1. The molecule has 0 saturated carbocycles. The summed E-state index contributed by atoms with van der Waals surface area (Å²) in [6, 6.07) is 0.813. The molecule has 2 heterocycles. The zero-order valence-electron chi connectivity index (χ0n) is 8.65. The lowest BCUT2D eigenvalue weighted by atomic mass is 10.1. The molecular weight excluding hydrogens is 289 g/mol. The van der Waals surface area contributed by atoms with Crippen molar-refractivity contribution in [3.63, 3.8) is 0 Å². The molecule has 18 heavy (non-hydrogen) atoms. The first-order chi connectivity index (χ1) is 8.39. The number of aromatic nitrogens is 2. The van der Waals surface area contributed by atoms with E-state index in [0.29, 0.717) is 4.34 Å². The second kappa shape index (κ2) is 4.83. The van der Waals surface area contributed by atoms with E-state index in [1.54, 1.807) is 0 Å². The van der Waals surface area contributed by atoms with Gasteiger partial charge in [-0.05, 0) is 6.07 Å². The second-order valence-electron chi connectivity index (χ2n) is 3.37. The molecule has 1 N–H and O–H groups in total. The lowest BCUT2D eigenvalue weighted by molar-refractivity contribution is -0.139. The highest BCUT2D eigenvalue weighted by atomic mass is 35.5. The Kier molecular flexibility index (Phi) is 3.56. The fraction of sp³-hybridized carbons (Fsp3) is 0.200. The van der Waals surface area contributed by atoms with Crippen LogP contribution in [0, 0.1) is 0 Å². The molecule has 0 aliphatic heterocycles. The van der Waals surface area contributed by atoms with Crippen molar-refractivity contribution < 1.29 is 18.3 Å². The number of halogens is 4. The van der Waals surface area contributed by atoms with Gasteiger partial charge in [-0.25, -0.2) is 4.98 Å². The molecular formula is C10H6ClF3N2OS. The van der Waals surface area contributed by atoms with Crippen LogP contribution in [0.4, 0.5) is 13.2 Å². The van der Waals surface area contributed by atoms with Crippen LogP contribution in [-0.2, 0) is 6.18 Å². The topological polar surface area (TPSA) is 46.0 Å². The van der Waals surface area contributed by atoms with E-state index in [1.807, 2.05) is 0 Å². The third-order valence-electron chi connectivity index (χ3n) is 2.18. The minimum atomic E-state index is -4.56. The summed E-state index contributed by atoms with van der Waals surface area (Å²) >= 11 is 6.55. The fourth-order valence-corrected chi connectivity index (χ4v) is 2.34. The van der Waals surface area contributed by atoms with Crippen LogP contribution in [0.2, 0.25) is 4.34 Å². The minimum Gasteiger partial charge on any atom is -0.381 e. The van der Waals surface area contributed by atoms with Gasteiger partial charge in [0.05, 0.1) is 11.8 Å². The number of hydrogen-bond acceptors (Lipinski definition) is 4. The number of nitrogens with zero attached hydrogens (tertiary/aromatic N) is 2. The van der Waals surface area contributed by atoms with Gasteiger partial charge in [-0.15, -0.1) is 11.3 Å². The molecule has 1 unspecified atom stereocenters. The van der Waals surface area contributed by atoms with Crippen LogP contribution < -0.4 is 0 Å². The molecule has 2 rings (SSSR count). The molecule has 0 aromatic carbocycles. The highest BCUT2D eigenvalue weighted by molar-refractivity contribution is 7.15. The zero-order valence-corrected chi connectivity index (χ0v) is 10.2. The maximum absolute atomic E-state index is 12.7. The molecule has 0 bridgehead atoms. The van der Waals surface area contributed by atoms with Gasteiger partial charge in [0.1, 0.15) is 15.4 Å². The van der Waals surface area contributed by atoms with Crippen molar-refractivity contribution in [1.29, 1.82) is 0 Å². The standard InChI is InChI=1S/C10H6ClF3N2OS/c11-7-4-16-9(18-7)8(17)5-3-15-2-1-6(5)10(12,13)14/h1-4,8,17H. The lowest BCUT2D eigenvalue weighted by Crippen LogP contribution is -2.13. The first-order valence-electron chi connectivity index (χ1n) is 4.70. The third kappa shape index (κ3) is 2.63. The van der Waals surface area contributed by atoms with E-state index in [4.69, 9.17) is 11.6 Å². The first-order valence-corrected chi connectivity index (χ1v) is 5.89. The number of hydrogen-bond donors (Lipinski definition) is 1. The van der Waals surface area contributed by atoms with Crippen molar-refractivity contribution in [2.24, 2.45) is 0 Å². The molecule has 0 radical (unpaired) electrons. The van der Waals surface area contributed by atoms with Gasteiger partial charge in [-0.3, -0.25) is 4.98 Å². The van der Waals surface area contributed by atoms with Crippen molar-refractivity contribution in [3.8, 4) is 0 Å². The van der Waals surface area contributed by atoms with E-state index >= 15 is 0 Å². The molecule has 0 aliphatic rings. The van der Waals surface area contributed by atoms with Gasteiger partial charge >= 0.3 is 6.18 Å². The van der Waals surface area contributed by atoms with E-state index in [1.165, 1.54) is 6.20 Å². The van der Waals surface area contributed by atoms with Crippen molar-refractivity contribution in [2.75, 3.05) is 0 Å². The van der Waals surface area contributed by atoms with Crippen molar-refractivity contribution in [1.82, 2.24) is 9.97 Å². The van der Waals surface area contributed by atoms with E-state index < -0.39 is 17.8 Å². The zero-order chi connectivity index (χ0) is 13.3.